The minimum absolute atomic E-state index is 0.00685. The van der Waals surface area contributed by atoms with Crippen molar-refractivity contribution in [3.63, 3.8) is 0 Å². The predicted molar refractivity (Wildman–Crippen MR) is 58.2 cm³/mol. The summed E-state index contributed by atoms with van der Waals surface area (Å²) in [6.07, 6.45) is 0.427. The van der Waals surface area contributed by atoms with Crippen LogP contribution in [0.3, 0.4) is 0 Å². The van der Waals surface area contributed by atoms with E-state index in [4.69, 9.17) is 0 Å². The van der Waals surface area contributed by atoms with E-state index in [1.54, 1.807) is 4.90 Å². The maximum absolute atomic E-state index is 11.7. The van der Waals surface area contributed by atoms with E-state index in [-0.39, 0.29) is 11.7 Å². The van der Waals surface area contributed by atoms with Gasteiger partial charge in [-0.1, -0.05) is 11.6 Å². The zero-order valence-corrected chi connectivity index (χ0v) is 8.91. The summed E-state index contributed by atoms with van der Waals surface area (Å²) < 4.78 is 0. The van der Waals surface area contributed by atoms with Crippen LogP contribution in [0.4, 0.5) is 5.69 Å². The van der Waals surface area contributed by atoms with Gasteiger partial charge in [0.1, 0.15) is 0 Å². The van der Waals surface area contributed by atoms with Gasteiger partial charge in [-0.15, -0.1) is 0 Å². The smallest absolute Gasteiger partial charge is 0.223 e. The molecular weight excluding hydrogens is 190 g/mol. The number of rotatable bonds is 0. The van der Waals surface area contributed by atoms with E-state index in [9.17, 15) is 9.59 Å². The van der Waals surface area contributed by atoms with Gasteiger partial charge in [0.05, 0.1) is 5.69 Å². The minimum atomic E-state index is -0.00685. The quantitative estimate of drug-likeness (QED) is 0.646. The fraction of sp³-hybridized carbons (Fsp3) is 0.333. The van der Waals surface area contributed by atoms with E-state index in [0.717, 1.165) is 11.3 Å². The number of benzene rings is 1. The molecule has 0 N–H and O–H groups in total. The Kier molecular flexibility index (Phi) is 2.31. The van der Waals surface area contributed by atoms with Crippen LogP contribution >= 0.6 is 0 Å². The molecule has 0 aromatic heterocycles. The Morgan fingerprint density at radius 1 is 1.40 bits per heavy atom. The Bertz CT molecular complexity index is 437. The monoisotopic (exact) mass is 203 g/mol. The first-order valence-electron chi connectivity index (χ1n) is 5.01. The molecule has 0 saturated heterocycles. The van der Waals surface area contributed by atoms with Crippen molar-refractivity contribution in [2.24, 2.45) is 0 Å². The van der Waals surface area contributed by atoms with Crippen LogP contribution in [-0.4, -0.2) is 18.2 Å². The Hall–Kier alpha value is -1.64. The van der Waals surface area contributed by atoms with Crippen LogP contribution in [0.15, 0.2) is 18.2 Å². The second kappa shape index (κ2) is 3.50. The maximum atomic E-state index is 11.7. The summed E-state index contributed by atoms with van der Waals surface area (Å²) >= 11 is 0. The fourth-order valence-corrected chi connectivity index (χ4v) is 1.90. The van der Waals surface area contributed by atoms with Crippen LogP contribution in [0.2, 0.25) is 0 Å². The summed E-state index contributed by atoms with van der Waals surface area (Å²) in [6, 6.07) is 5.63. The van der Waals surface area contributed by atoms with Gasteiger partial charge in [-0.3, -0.25) is 9.59 Å². The van der Waals surface area contributed by atoms with Crippen molar-refractivity contribution in [2.75, 3.05) is 11.4 Å². The highest BCUT2D eigenvalue weighted by atomic mass is 16.2. The molecule has 0 radical (unpaired) electrons. The second-order valence-electron chi connectivity index (χ2n) is 3.86. The SMILES string of the molecule is CC(=O)N1CCC(=O)c2cc(C)ccc21. The highest BCUT2D eigenvalue weighted by Crippen LogP contribution is 2.27. The molecule has 2 rings (SSSR count). The van der Waals surface area contributed by atoms with Crippen molar-refractivity contribution in [1.29, 1.82) is 0 Å². The zero-order valence-electron chi connectivity index (χ0n) is 8.91. The van der Waals surface area contributed by atoms with Gasteiger partial charge < -0.3 is 4.90 Å². The number of fused-ring (bicyclic) bond motifs is 1. The van der Waals surface area contributed by atoms with Crippen LogP contribution in [0.5, 0.6) is 0 Å². The first-order valence-corrected chi connectivity index (χ1v) is 5.01. The van der Waals surface area contributed by atoms with Crippen molar-refractivity contribution >= 4 is 17.4 Å². The molecule has 1 amide bonds. The van der Waals surface area contributed by atoms with Gasteiger partial charge in [0.15, 0.2) is 5.78 Å². The highest BCUT2D eigenvalue weighted by Gasteiger charge is 2.24. The second-order valence-corrected chi connectivity index (χ2v) is 3.86. The van der Waals surface area contributed by atoms with Crippen molar-refractivity contribution < 1.29 is 9.59 Å². The first-order chi connectivity index (χ1) is 7.09. The highest BCUT2D eigenvalue weighted by molar-refractivity contribution is 6.08. The molecule has 15 heavy (non-hydrogen) atoms. The standard InChI is InChI=1S/C12H13NO2/c1-8-3-4-11-10(7-8)12(15)5-6-13(11)9(2)14/h3-4,7H,5-6H2,1-2H3. The van der Waals surface area contributed by atoms with Crippen LogP contribution in [0, 0.1) is 6.92 Å². The lowest BCUT2D eigenvalue weighted by Gasteiger charge is -2.27. The average molecular weight is 203 g/mol. The fourth-order valence-electron chi connectivity index (χ4n) is 1.90. The number of hydrogen-bond donors (Lipinski definition) is 0. The van der Waals surface area contributed by atoms with E-state index in [1.807, 2.05) is 25.1 Å². The summed E-state index contributed by atoms with van der Waals surface area (Å²) in [5.41, 5.74) is 2.48. The molecule has 1 heterocycles. The van der Waals surface area contributed by atoms with Crippen LogP contribution in [-0.2, 0) is 4.79 Å². The zero-order chi connectivity index (χ0) is 11.0. The number of amides is 1. The molecule has 1 aliphatic heterocycles. The van der Waals surface area contributed by atoms with Crippen molar-refractivity contribution in [1.82, 2.24) is 0 Å². The van der Waals surface area contributed by atoms with Gasteiger partial charge >= 0.3 is 0 Å². The summed E-state index contributed by atoms with van der Waals surface area (Å²) in [5.74, 6) is 0.124. The number of aryl methyl sites for hydroxylation is 1. The Labute approximate surface area is 88.7 Å². The largest absolute Gasteiger partial charge is 0.311 e. The van der Waals surface area contributed by atoms with E-state index < -0.39 is 0 Å². The lowest BCUT2D eigenvalue weighted by atomic mass is 9.98. The molecular formula is C12H13NO2. The molecule has 0 unspecified atom stereocenters. The third kappa shape index (κ3) is 1.65. The van der Waals surface area contributed by atoms with Gasteiger partial charge in [-0.2, -0.15) is 0 Å². The molecule has 1 aliphatic rings. The number of nitrogens with zero attached hydrogens (tertiary/aromatic N) is 1. The van der Waals surface area contributed by atoms with Crippen LogP contribution in [0.25, 0.3) is 0 Å². The molecule has 1 aromatic carbocycles. The van der Waals surface area contributed by atoms with E-state index in [1.165, 1.54) is 6.92 Å². The Balaban J connectivity index is 2.55. The maximum Gasteiger partial charge on any atom is 0.223 e. The summed E-state index contributed by atoms with van der Waals surface area (Å²) in [4.78, 5) is 24.7. The molecule has 0 fully saturated rings. The normalized spacial score (nSPS) is 15.1. The van der Waals surface area contributed by atoms with Gasteiger partial charge in [-0.25, -0.2) is 0 Å². The van der Waals surface area contributed by atoms with Crippen molar-refractivity contribution in [3.8, 4) is 0 Å². The number of anilines is 1. The number of hydrogen-bond acceptors (Lipinski definition) is 2. The van der Waals surface area contributed by atoms with Crippen molar-refractivity contribution in [2.45, 2.75) is 20.3 Å². The molecule has 0 aliphatic carbocycles. The van der Waals surface area contributed by atoms with E-state index in [2.05, 4.69) is 0 Å². The Morgan fingerprint density at radius 3 is 2.80 bits per heavy atom. The summed E-state index contributed by atoms with van der Waals surface area (Å²) in [7, 11) is 0. The lowest BCUT2D eigenvalue weighted by Crippen LogP contribution is -2.35. The molecule has 78 valence electrons. The van der Waals surface area contributed by atoms with Crippen LogP contribution in [0.1, 0.15) is 29.3 Å². The van der Waals surface area contributed by atoms with Gasteiger partial charge in [0.2, 0.25) is 5.91 Å². The Morgan fingerprint density at radius 2 is 2.13 bits per heavy atom. The van der Waals surface area contributed by atoms with Crippen LogP contribution < -0.4 is 4.90 Å². The molecule has 0 atom stereocenters. The summed E-state index contributed by atoms with van der Waals surface area (Å²) in [6.45, 7) is 3.98. The molecule has 0 saturated carbocycles. The molecule has 0 bridgehead atoms. The van der Waals surface area contributed by atoms with E-state index in [0.29, 0.717) is 18.5 Å². The van der Waals surface area contributed by atoms with Gasteiger partial charge in [0, 0.05) is 25.5 Å². The number of carbonyl (C=O) groups excluding carboxylic acids is 2. The number of carbonyl (C=O) groups is 2. The molecule has 0 spiro atoms. The third-order valence-electron chi connectivity index (χ3n) is 2.69. The lowest BCUT2D eigenvalue weighted by molar-refractivity contribution is -0.116. The number of Topliss-reactive ketones (excluding diaryl/α,β-unsaturated/α-hetero) is 1. The topological polar surface area (TPSA) is 37.4 Å². The summed E-state index contributed by atoms with van der Waals surface area (Å²) in [5, 5.41) is 0. The average Bonchev–Trinajstić information content (AvgIpc) is 2.19. The predicted octanol–water partition coefficient (Wildman–Crippen LogP) is 1.93. The minimum Gasteiger partial charge on any atom is -0.311 e. The molecule has 1 aromatic rings. The van der Waals surface area contributed by atoms with E-state index >= 15 is 0 Å². The van der Waals surface area contributed by atoms with Gasteiger partial charge in [0.25, 0.3) is 0 Å². The molecule has 3 nitrogen and oxygen atoms in total. The van der Waals surface area contributed by atoms with Gasteiger partial charge in [-0.05, 0) is 19.1 Å². The molecule has 3 heteroatoms. The number of ketones is 1. The first kappa shape index (κ1) is 9.90. The van der Waals surface area contributed by atoms with Crippen molar-refractivity contribution in [3.05, 3.63) is 29.3 Å². The third-order valence-corrected chi connectivity index (χ3v) is 2.69.